The number of anilines is 1. The Kier molecular flexibility index (Phi) is 7.69. The number of nitrogens with zero attached hydrogens (tertiary/aromatic N) is 5. The molecule has 2 amide bonds. The van der Waals surface area contributed by atoms with Gasteiger partial charge in [-0.2, -0.15) is 10.5 Å². The molecule has 1 aliphatic heterocycles. The molecule has 180 valence electrons. The number of carbonyl (C=O) groups is 1. The first-order valence-electron chi connectivity index (χ1n) is 11.4. The Morgan fingerprint density at radius 2 is 1.75 bits per heavy atom. The van der Waals surface area contributed by atoms with Crippen molar-refractivity contribution in [1.29, 1.82) is 10.5 Å². The molecule has 4 rings (SSSR count). The van der Waals surface area contributed by atoms with Crippen molar-refractivity contribution in [3.05, 3.63) is 94.5 Å². The van der Waals surface area contributed by atoms with E-state index in [1.54, 1.807) is 41.3 Å². The molecule has 0 spiro atoms. The van der Waals surface area contributed by atoms with Gasteiger partial charge in [-0.3, -0.25) is 5.32 Å². The Morgan fingerprint density at radius 3 is 2.42 bits per heavy atom. The van der Waals surface area contributed by atoms with Crippen LogP contribution in [0.5, 0.6) is 0 Å². The highest BCUT2D eigenvalue weighted by molar-refractivity contribution is 6.30. The minimum atomic E-state index is -0.346. The Hall–Kier alpha value is -4.53. The number of nitriles is 2. The number of urea groups is 1. The average Bonchev–Trinajstić information content (AvgIpc) is 2.90. The number of benzene rings is 3. The highest BCUT2D eigenvalue weighted by Gasteiger charge is 2.33. The molecule has 36 heavy (non-hydrogen) atoms. The number of amides is 2. The summed E-state index contributed by atoms with van der Waals surface area (Å²) in [6.07, 6.45) is 1.98. The summed E-state index contributed by atoms with van der Waals surface area (Å²) in [5.74, 6) is 0.420. The van der Waals surface area contributed by atoms with Crippen LogP contribution in [0.1, 0.15) is 22.7 Å². The molecule has 1 saturated heterocycles. The molecule has 0 bridgehead atoms. The third-order valence-corrected chi connectivity index (χ3v) is 6.22. The van der Waals surface area contributed by atoms with E-state index in [2.05, 4.69) is 16.7 Å². The first-order chi connectivity index (χ1) is 17.5. The van der Waals surface area contributed by atoms with Gasteiger partial charge < -0.3 is 15.1 Å². The Balaban J connectivity index is 1.64. The smallest absolute Gasteiger partial charge is 0.322 e. The van der Waals surface area contributed by atoms with Crippen LogP contribution < -0.4 is 10.6 Å². The molecule has 1 unspecified atom stereocenters. The van der Waals surface area contributed by atoms with E-state index in [1.807, 2.05) is 54.4 Å². The van der Waals surface area contributed by atoms with E-state index in [4.69, 9.17) is 16.6 Å². The first-order valence-corrected chi connectivity index (χ1v) is 11.7. The highest BCUT2D eigenvalue weighted by Crippen LogP contribution is 2.28. The maximum absolute atomic E-state index is 13.3. The van der Waals surface area contributed by atoms with Crippen molar-refractivity contribution >= 4 is 35.0 Å². The summed E-state index contributed by atoms with van der Waals surface area (Å²) in [6, 6.07) is 23.3. The molecule has 2 N–H and O–H groups in total. The molecule has 1 atom stereocenters. The second kappa shape index (κ2) is 11.3. The van der Waals surface area contributed by atoms with Crippen LogP contribution in [-0.4, -0.2) is 41.4 Å². The van der Waals surface area contributed by atoms with Gasteiger partial charge in [0.2, 0.25) is 5.96 Å². The summed E-state index contributed by atoms with van der Waals surface area (Å²) < 4.78 is 0. The fourth-order valence-corrected chi connectivity index (χ4v) is 4.17. The Morgan fingerprint density at radius 1 is 1.03 bits per heavy atom. The van der Waals surface area contributed by atoms with Crippen molar-refractivity contribution in [3.8, 4) is 12.3 Å². The van der Waals surface area contributed by atoms with Gasteiger partial charge in [0, 0.05) is 30.3 Å². The summed E-state index contributed by atoms with van der Waals surface area (Å²) in [6.45, 7) is 3.23. The number of guanidine groups is 1. The maximum Gasteiger partial charge on any atom is 0.322 e. The van der Waals surface area contributed by atoms with Gasteiger partial charge in [0.1, 0.15) is 0 Å². The maximum atomic E-state index is 13.3. The second-order valence-electron chi connectivity index (χ2n) is 8.28. The number of hydrogen-bond acceptors (Lipinski definition) is 4. The third-order valence-electron chi connectivity index (χ3n) is 5.97. The van der Waals surface area contributed by atoms with Crippen molar-refractivity contribution in [1.82, 2.24) is 15.1 Å². The normalized spacial score (nSPS) is 15.6. The largest absolute Gasteiger partial charge is 0.338 e. The SMILES string of the molecule is Cc1ccccc1N=C(NC#N)N1CCN(C(=O)Nc2ccc(Cl)cc2)C(c2ccc(C#N)cc2)C1. The van der Waals surface area contributed by atoms with Crippen LogP contribution in [0.2, 0.25) is 5.02 Å². The number of piperazine rings is 1. The van der Waals surface area contributed by atoms with Gasteiger partial charge in [-0.25, -0.2) is 9.79 Å². The predicted octanol–water partition coefficient (Wildman–Crippen LogP) is 5.17. The molecule has 3 aromatic rings. The monoisotopic (exact) mass is 497 g/mol. The van der Waals surface area contributed by atoms with Gasteiger partial charge >= 0.3 is 6.03 Å². The van der Waals surface area contributed by atoms with Crippen LogP contribution in [0.25, 0.3) is 0 Å². The van der Waals surface area contributed by atoms with Crippen molar-refractivity contribution in [2.45, 2.75) is 13.0 Å². The van der Waals surface area contributed by atoms with Crippen LogP contribution in [0.15, 0.2) is 77.8 Å². The second-order valence-corrected chi connectivity index (χ2v) is 8.72. The van der Waals surface area contributed by atoms with Crippen LogP contribution in [0.4, 0.5) is 16.2 Å². The highest BCUT2D eigenvalue weighted by atomic mass is 35.5. The summed E-state index contributed by atoms with van der Waals surface area (Å²) in [5, 5.41) is 24.8. The average molecular weight is 498 g/mol. The molecule has 1 heterocycles. The fourth-order valence-electron chi connectivity index (χ4n) is 4.04. The zero-order valence-electron chi connectivity index (χ0n) is 19.6. The van der Waals surface area contributed by atoms with E-state index >= 15 is 0 Å². The third kappa shape index (κ3) is 5.75. The number of hydrogen-bond donors (Lipinski definition) is 2. The molecule has 0 aromatic heterocycles. The lowest BCUT2D eigenvalue weighted by atomic mass is 10.0. The van der Waals surface area contributed by atoms with E-state index in [1.165, 1.54) is 0 Å². The quantitative estimate of drug-likeness (QED) is 0.224. The molecule has 0 aliphatic carbocycles. The lowest BCUT2D eigenvalue weighted by molar-refractivity contribution is 0.135. The first kappa shape index (κ1) is 24.6. The van der Waals surface area contributed by atoms with E-state index in [9.17, 15) is 15.3 Å². The van der Waals surface area contributed by atoms with Crippen molar-refractivity contribution in [2.75, 3.05) is 25.0 Å². The van der Waals surface area contributed by atoms with Crippen molar-refractivity contribution in [2.24, 2.45) is 4.99 Å². The van der Waals surface area contributed by atoms with E-state index < -0.39 is 0 Å². The van der Waals surface area contributed by atoms with Crippen LogP contribution in [-0.2, 0) is 0 Å². The lowest BCUT2D eigenvalue weighted by Gasteiger charge is -2.42. The van der Waals surface area contributed by atoms with Gasteiger partial charge in [0.05, 0.1) is 23.4 Å². The Bertz CT molecular complexity index is 1340. The molecule has 8 nitrogen and oxygen atoms in total. The lowest BCUT2D eigenvalue weighted by Crippen LogP contribution is -2.55. The van der Waals surface area contributed by atoms with E-state index in [0.29, 0.717) is 41.9 Å². The van der Waals surface area contributed by atoms with Crippen molar-refractivity contribution < 1.29 is 4.79 Å². The summed E-state index contributed by atoms with van der Waals surface area (Å²) in [7, 11) is 0. The van der Waals surface area contributed by atoms with E-state index in [0.717, 1.165) is 16.8 Å². The number of carbonyl (C=O) groups excluding carboxylic acids is 1. The molecule has 9 heteroatoms. The number of rotatable bonds is 3. The molecule has 1 fully saturated rings. The molecule has 3 aromatic carbocycles. The molecule has 0 radical (unpaired) electrons. The minimum absolute atomic E-state index is 0.253. The van der Waals surface area contributed by atoms with Gasteiger partial charge in [-0.1, -0.05) is 41.9 Å². The van der Waals surface area contributed by atoms with Gasteiger partial charge in [-0.15, -0.1) is 0 Å². The zero-order valence-corrected chi connectivity index (χ0v) is 20.4. The molecular formula is C27H24ClN7O. The van der Waals surface area contributed by atoms with Gasteiger partial charge in [0.15, 0.2) is 6.19 Å². The number of aliphatic imine (C=N–C) groups is 1. The number of aryl methyl sites for hydroxylation is 1. The molecule has 0 saturated carbocycles. The summed E-state index contributed by atoms with van der Waals surface area (Å²) in [5.41, 5.74) is 3.79. The van der Waals surface area contributed by atoms with E-state index in [-0.39, 0.29) is 12.1 Å². The minimum Gasteiger partial charge on any atom is -0.338 e. The van der Waals surface area contributed by atoms with Crippen molar-refractivity contribution in [3.63, 3.8) is 0 Å². The Labute approximate surface area is 215 Å². The fraction of sp³-hybridized carbons (Fsp3) is 0.185. The van der Waals surface area contributed by atoms with Crippen LogP contribution in [0.3, 0.4) is 0 Å². The number of nitrogens with one attached hydrogen (secondary N) is 2. The molecule has 1 aliphatic rings. The topological polar surface area (TPSA) is 108 Å². The standard InChI is InChI=1S/C27H24ClN7O/c1-19-4-2-3-5-24(19)33-26(31-18-30)34-14-15-35(27(36)32-23-12-10-22(28)11-13-23)25(17-34)21-8-6-20(16-29)7-9-21/h2-13,25H,14-15,17H2,1H3,(H,31,33)(H,32,36). The summed E-state index contributed by atoms with van der Waals surface area (Å²) in [4.78, 5) is 21.7. The molecular weight excluding hydrogens is 474 g/mol. The van der Waals surface area contributed by atoms with Crippen LogP contribution in [0, 0.1) is 29.7 Å². The van der Waals surface area contributed by atoms with Crippen LogP contribution >= 0.6 is 11.6 Å². The number of halogens is 1. The van der Waals surface area contributed by atoms with Gasteiger partial charge in [0.25, 0.3) is 0 Å². The number of para-hydroxylation sites is 1. The predicted molar refractivity (Wildman–Crippen MR) is 140 cm³/mol. The summed E-state index contributed by atoms with van der Waals surface area (Å²) >= 11 is 5.97. The zero-order chi connectivity index (χ0) is 25.5. The van der Waals surface area contributed by atoms with Gasteiger partial charge in [-0.05, 0) is 60.5 Å².